The molecule has 162 valence electrons. The van der Waals surface area contributed by atoms with Gasteiger partial charge in [-0.15, -0.1) is 0 Å². The van der Waals surface area contributed by atoms with E-state index in [0.29, 0.717) is 5.69 Å². The van der Waals surface area contributed by atoms with E-state index in [0.717, 1.165) is 15.6 Å². The number of hydrogen-bond acceptors (Lipinski definition) is 4. The maximum Gasteiger partial charge on any atom is 0.264 e. The molecule has 0 unspecified atom stereocenters. The van der Waals surface area contributed by atoms with Crippen molar-refractivity contribution in [1.29, 1.82) is 0 Å². The third-order valence-electron chi connectivity index (χ3n) is 4.65. The quantitative estimate of drug-likeness (QED) is 0.552. The summed E-state index contributed by atoms with van der Waals surface area (Å²) in [4.78, 5) is 12.8. The molecular weight excluding hydrogens is 412 g/mol. The smallest absolute Gasteiger partial charge is 0.264 e. The monoisotopic (exact) mass is 438 g/mol. The summed E-state index contributed by atoms with van der Waals surface area (Å²) < 4.78 is 33.3. The van der Waals surface area contributed by atoms with Gasteiger partial charge in [0.1, 0.15) is 18.9 Å². The van der Waals surface area contributed by atoms with E-state index in [-0.39, 0.29) is 24.1 Å². The number of rotatable bonds is 9. The minimum atomic E-state index is -3.90. The fourth-order valence-electron chi connectivity index (χ4n) is 3.05. The van der Waals surface area contributed by atoms with Crippen LogP contribution in [0.15, 0.2) is 89.8 Å². The highest BCUT2D eigenvalue weighted by Crippen LogP contribution is 2.23. The minimum absolute atomic E-state index is 0.127. The molecule has 0 heterocycles. The van der Waals surface area contributed by atoms with Gasteiger partial charge < -0.3 is 10.1 Å². The van der Waals surface area contributed by atoms with E-state index in [4.69, 9.17) is 4.74 Å². The van der Waals surface area contributed by atoms with Crippen molar-refractivity contribution < 1.29 is 17.9 Å². The van der Waals surface area contributed by atoms with Crippen LogP contribution in [0.2, 0.25) is 0 Å². The van der Waals surface area contributed by atoms with Crippen LogP contribution >= 0.6 is 0 Å². The van der Waals surface area contributed by atoms with Gasteiger partial charge in [0.15, 0.2) is 0 Å². The molecule has 3 rings (SSSR count). The molecule has 0 saturated heterocycles. The number of para-hydroxylation sites is 2. The van der Waals surface area contributed by atoms with Crippen molar-refractivity contribution in [2.24, 2.45) is 0 Å². The number of carbonyl (C=O) groups is 1. The Kier molecular flexibility index (Phi) is 7.31. The van der Waals surface area contributed by atoms with Crippen molar-refractivity contribution in [3.8, 4) is 5.75 Å². The summed E-state index contributed by atoms with van der Waals surface area (Å²) in [5.41, 5.74) is 1.43. The normalized spacial score (nSPS) is 12.1. The number of aryl methyl sites for hydroxylation is 1. The second kappa shape index (κ2) is 10.1. The van der Waals surface area contributed by atoms with Gasteiger partial charge in [0.05, 0.1) is 16.6 Å². The average Bonchev–Trinajstić information content (AvgIpc) is 2.78. The largest absolute Gasteiger partial charge is 0.491 e. The third-order valence-corrected chi connectivity index (χ3v) is 6.44. The first-order valence-electron chi connectivity index (χ1n) is 9.98. The number of nitrogens with zero attached hydrogens (tertiary/aromatic N) is 1. The molecular formula is C24H26N2O4S. The zero-order valence-corrected chi connectivity index (χ0v) is 18.4. The Bertz CT molecular complexity index is 1100. The predicted molar refractivity (Wildman–Crippen MR) is 122 cm³/mol. The summed E-state index contributed by atoms with van der Waals surface area (Å²) in [6, 6.07) is 24.0. The zero-order valence-electron chi connectivity index (χ0n) is 17.6. The van der Waals surface area contributed by atoms with Crippen LogP contribution in [0.3, 0.4) is 0 Å². The standard InChI is InChI=1S/C24H26N2O4S/c1-19-11-9-10-16-23(19)30-18-20(2)25-24(27)17-26(21-12-5-3-6-13-21)31(28,29)22-14-7-4-8-15-22/h3-16,20H,17-18H2,1-2H3,(H,25,27)/t20-/m0/s1. The van der Waals surface area contributed by atoms with Crippen LogP contribution in [-0.4, -0.2) is 33.5 Å². The lowest BCUT2D eigenvalue weighted by atomic mass is 10.2. The molecule has 6 nitrogen and oxygen atoms in total. The number of benzene rings is 3. The van der Waals surface area contributed by atoms with Gasteiger partial charge in [-0.25, -0.2) is 8.42 Å². The predicted octanol–water partition coefficient (Wildman–Crippen LogP) is 3.77. The van der Waals surface area contributed by atoms with Crippen LogP contribution in [0, 0.1) is 6.92 Å². The van der Waals surface area contributed by atoms with Crippen LogP contribution in [0.4, 0.5) is 5.69 Å². The van der Waals surface area contributed by atoms with Crippen molar-refractivity contribution in [3.05, 3.63) is 90.5 Å². The lowest BCUT2D eigenvalue weighted by Crippen LogP contribution is -2.45. The van der Waals surface area contributed by atoms with E-state index in [9.17, 15) is 13.2 Å². The van der Waals surface area contributed by atoms with Gasteiger partial charge in [-0.3, -0.25) is 9.10 Å². The number of anilines is 1. The van der Waals surface area contributed by atoms with E-state index >= 15 is 0 Å². The maximum absolute atomic E-state index is 13.2. The van der Waals surface area contributed by atoms with Crippen LogP contribution in [0.1, 0.15) is 12.5 Å². The number of ether oxygens (including phenoxy) is 1. The summed E-state index contributed by atoms with van der Waals surface area (Å²) in [5, 5.41) is 2.82. The zero-order chi connectivity index (χ0) is 22.3. The second-order valence-electron chi connectivity index (χ2n) is 7.21. The summed E-state index contributed by atoms with van der Waals surface area (Å²) in [6.07, 6.45) is 0. The highest BCUT2D eigenvalue weighted by atomic mass is 32.2. The Morgan fingerprint density at radius 2 is 1.52 bits per heavy atom. The summed E-state index contributed by atoms with van der Waals surface area (Å²) >= 11 is 0. The topological polar surface area (TPSA) is 75.7 Å². The molecule has 0 aliphatic heterocycles. The van der Waals surface area contributed by atoms with E-state index in [1.807, 2.05) is 38.1 Å². The second-order valence-corrected chi connectivity index (χ2v) is 9.07. The Balaban J connectivity index is 1.71. The van der Waals surface area contributed by atoms with Crippen LogP contribution < -0.4 is 14.4 Å². The Morgan fingerprint density at radius 3 is 2.16 bits per heavy atom. The van der Waals surface area contributed by atoms with Gasteiger partial charge in [0, 0.05) is 0 Å². The van der Waals surface area contributed by atoms with E-state index < -0.39 is 15.9 Å². The van der Waals surface area contributed by atoms with E-state index in [2.05, 4.69) is 5.32 Å². The highest BCUT2D eigenvalue weighted by molar-refractivity contribution is 7.92. The lowest BCUT2D eigenvalue weighted by Gasteiger charge is -2.25. The summed E-state index contributed by atoms with van der Waals surface area (Å²) in [7, 11) is -3.90. The van der Waals surface area contributed by atoms with E-state index in [1.165, 1.54) is 12.1 Å². The molecule has 0 aromatic heterocycles. The number of hydrogen-bond donors (Lipinski definition) is 1. The van der Waals surface area contributed by atoms with Gasteiger partial charge in [-0.2, -0.15) is 0 Å². The molecule has 7 heteroatoms. The van der Waals surface area contributed by atoms with Crippen molar-refractivity contribution in [1.82, 2.24) is 5.32 Å². The fraction of sp³-hybridized carbons (Fsp3) is 0.208. The molecule has 1 amide bonds. The van der Waals surface area contributed by atoms with Crippen LogP contribution in [-0.2, 0) is 14.8 Å². The molecule has 3 aromatic carbocycles. The highest BCUT2D eigenvalue weighted by Gasteiger charge is 2.27. The number of carbonyl (C=O) groups excluding carboxylic acids is 1. The maximum atomic E-state index is 13.2. The molecule has 1 atom stereocenters. The van der Waals surface area contributed by atoms with Gasteiger partial charge in [0.25, 0.3) is 10.0 Å². The van der Waals surface area contributed by atoms with Gasteiger partial charge >= 0.3 is 0 Å². The Labute approximate surface area is 183 Å². The number of sulfonamides is 1. The Morgan fingerprint density at radius 1 is 0.935 bits per heavy atom. The number of amides is 1. The molecule has 0 spiro atoms. The number of nitrogens with one attached hydrogen (secondary N) is 1. The van der Waals surface area contributed by atoms with E-state index in [1.54, 1.807) is 48.5 Å². The summed E-state index contributed by atoms with van der Waals surface area (Å²) in [5.74, 6) is 0.338. The minimum Gasteiger partial charge on any atom is -0.491 e. The summed E-state index contributed by atoms with van der Waals surface area (Å²) in [6.45, 7) is 3.70. The first-order valence-corrected chi connectivity index (χ1v) is 11.4. The Hall–Kier alpha value is -3.32. The van der Waals surface area contributed by atoms with Gasteiger partial charge in [0.2, 0.25) is 5.91 Å². The molecule has 1 N–H and O–H groups in total. The van der Waals surface area contributed by atoms with Gasteiger partial charge in [-0.05, 0) is 49.7 Å². The van der Waals surface area contributed by atoms with Crippen molar-refractivity contribution in [3.63, 3.8) is 0 Å². The van der Waals surface area contributed by atoms with Crippen molar-refractivity contribution >= 4 is 21.6 Å². The third kappa shape index (κ3) is 5.86. The van der Waals surface area contributed by atoms with Gasteiger partial charge in [-0.1, -0.05) is 54.6 Å². The van der Waals surface area contributed by atoms with Crippen LogP contribution in [0.25, 0.3) is 0 Å². The molecule has 0 aliphatic rings. The SMILES string of the molecule is Cc1ccccc1OC[C@H](C)NC(=O)CN(c1ccccc1)S(=O)(=O)c1ccccc1. The molecule has 0 aliphatic carbocycles. The molecule has 0 saturated carbocycles. The molecule has 3 aromatic rings. The first-order chi connectivity index (χ1) is 14.9. The fourth-order valence-corrected chi connectivity index (χ4v) is 4.50. The van der Waals surface area contributed by atoms with Crippen molar-refractivity contribution in [2.45, 2.75) is 24.8 Å². The molecule has 0 bridgehead atoms. The van der Waals surface area contributed by atoms with Crippen molar-refractivity contribution in [2.75, 3.05) is 17.5 Å². The van der Waals surface area contributed by atoms with Crippen LogP contribution in [0.5, 0.6) is 5.75 Å². The molecule has 0 radical (unpaired) electrons. The molecule has 0 fully saturated rings. The average molecular weight is 439 g/mol. The lowest BCUT2D eigenvalue weighted by molar-refractivity contribution is -0.120. The molecule has 31 heavy (non-hydrogen) atoms. The first kappa shape index (κ1) is 22.4.